The third-order valence-corrected chi connectivity index (χ3v) is 3.69. The zero-order valence-corrected chi connectivity index (χ0v) is 13.3. The Labute approximate surface area is 130 Å². The summed E-state index contributed by atoms with van der Waals surface area (Å²) in [5, 5.41) is 3.69. The number of carbonyl (C=O) groups is 2. The predicted octanol–water partition coefficient (Wildman–Crippen LogP) is 3.36. The van der Waals surface area contributed by atoms with Gasteiger partial charge in [-0.3, -0.25) is 14.6 Å². The van der Waals surface area contributed by atoms with Crippen molar-refractivity contribution in [2.24, 2.45) is 5.92 Å². The van der Waals surface area contributed by atoms with Crippen LogP contribution in [0.1, 0.15) is 44.0 Å². The van der Waals surface area contributed by atoms with E-state index in [2.05, 4.69) is 10.3 Å². The van der Waals surface area contributed by atoms with Crippen molar-refractivity contribution in [3.63, 3.8) is 0 Å². The van der Waals surface area contributed by atoms with Crippen LogP contribution in [0.4, 0.5) is 0 Å². The highest BCUT2D eigenvalue weighted by molar-refractivity contribution is 6.07. The second-order valence-electron chi connectivity index (χ2n) is 5.75. The van der Waals surface area contributed by atoms with E-state index in [0.29, 0.717) is 12.0 Å². The lowest BCUT2D eigenvalue weighted by Gasteiger charge is -2.19. The number of fused-ring (bicyclic) bond motifs is 1. The van der Waals surface area contributed by atoms with Gasteiger partial charge in [0.15, 0.2) is 5.78 Å². The first-order valence-corrected chi connectivity index (χ1v) is 7.73. The third kappa shape index (κ3) is 3.50. The third-order valence-electron chi connectivity index (χ3n) is 3.69. The van der Waals surface area contributed by atoms with E-state index in [-0.39, 0.29) is 17.6 Å². The maximum Gasteiger partial charge on any atom is 0.252 e. The lowest BCUT2D eigenvalue weighted by atomic mass is 9.97. The van der Waals surface area contributed by atoms with E-state index < -0.39 is 6.04 Å². The highest BCUT2D eigenvalue weighted by atomic mass is 16.2. The first-order valence-electron chi connectivity index (χ1n) is 7.73. The molecule has 0 aliphatic heterocycles. The topological polar surface area (TPSA) is 59.1 Å². The van der Waals surface area contributed by atoms with E-state index in [4.69, 9.17) is 0 Å². The summed E-state index contributed by atoms with van der Waals surface area (Å²) in [5.41, 5.74) is 1.33. The number of Topliss-reactive ketones (excluding diaryl/α,β-unsaturated/α-hetero) is 1. The zero-order chi connectivity index (χ0) is 16.1. The number of hydrogen-bond donors (Lipinski definition) is 1. The van der Waals surface area contributed by atoms with Gasteiger partial charge in [0.2, 0.25) is 0 Å². The minimum Gasteiger partial charge on any atom is -0.342 e. The molecule has 1 heterocycles. The quantitative estimate of drug-likeness (QED) is 0.889. The van der Waals surface area contributed by atoms with Crippen LogP contribution in [0.5, 0.6) is 0 Å². The largest absolute Gasteiger partial charge is 0.342 e. The van der Waals surface area contributed by atoms with Crippen molar-refractivity contribution in [2.45, 2.75) is 39.7 Å². The van der Waals surface area contributed by atoms with Crippen LogP contribution in [0.15, 0.2) is 36.5 Å². The summed E-state index contributed by atoms with van der Waals surface area (Å²) < 4.78 is 0. The summed E-state index contributed by atoms with van der Waals surface area (Å²) >= 11 is 0. The molecule has 0 aliphatic carbocycles. The fourth-order valence-electron chi connectivity index (χ4n) is 2.51. The molecule has 1 atom stereocenters. The molecular formula is C18H22N2O2. The van der Waals surface area contributed by atoms with E-state index in [1.54, 1.807) is 12.3 Å². The van der Waals surface area contributed by atoms with Crippen LogP contribution in [0.2, 0.25) is 0 Å². The van der Waals surface area contributed by atoms with Crippen LogP contribution in [-0.4, -0.2) is 22.7 Å². The Hall–Kier alpha value is -2.23. The number of rotatable bonds is 6. The number of amides is 1. The van der Waals surface area contributed by atoms with Gasteiger partial charge >= 0.3 is 0 Å². The summed E-state index contributed by atoms with van der Waals surface area (Å²) in [5.74, 6) is -0.231. The molecule has 0 spiro atoms. The van der Waals surface area contributed by atoms with Crippen LogP contribution < -0.4 is 5.32 Å². The summed E-state index contributed by atoms with van der Waals surface area (Å²) in [7, 11) is 0. The first kappa shape index (κ1) is 16.1. The number of nitrogens with zero attached hydrogens (tertiary/aromatic N) is 1. The Bertz CT molecular complexity index is 674. The number of para-hydroxylation sites is 1. The molecule has 0 bridgehead atoms. The van der Waals surface area contributed by atoms with Crippen molar-refractivity contribution in [3.8, 4) is 0 Å². The van der Waals surface area contributed by atoms with Gasteiger partial charge < -0.3 is 5.32 Å². The van der Waals surface area contributed by atoms with Crippen molar-refractivity contribution >= 4 is 22.6 Å². The summed E-state index contributed by atoms with van der Waals surface area (Å²) in [6, 6.07) is 8.78. The molecule has 116 valence electrons. The molecule has 0 fully saturated rings. The highest BCUT2D eigenvalue weighted by Gasteiger charge is 2.23. The number of benzene rings is 1. The second-order valence-corrected chi connectivity index (χ2v) is 5.75. The van der Waals surface area contributed by atoms with Gasteiger partial charge in [0.05, 0.1) is 17.1 Å². The number of nitrogens with one attached hydrogen (secondary N) is 1. The summed E-state index contributed by atoms with van der Waals surface area (Å²) in [6.45, 7) is 5.73. The Morgan fingerprint density at radius 1 is 1.18 bits per heavy atom. The SMILES string of the molecule is CCC[C@@H](NC(=O)c1ccnc2ccccc12)C(=O)C(C)C. The molecule has 1 N–H and O–H groups in total. The Morgan fingerprint density at radius 3 is 2.59 bits per heavy atom. The van der Waals surface area contributed by atoms with Crippen molar-refractivity contribution in [1.29, 1.82) is 0 Å². The maximum atomic E-state index is 12.6. The lowest BCUT2D eigenvalue weighted by Crippen LogP contribution is -2.42. The van der Waals surface area contributed by atoms with Gasteiger partial charge in [-0.15, -0.1) is 0 Å². The molecule has 4 nitrogen and oxygen atoms in total. The van der Waals surface area contributed by atoms with E-state index in [1.165, 1.54) is 0 Å². The molecule has 2 aromatic rings. The van der Waals surface area contributed by atoms with E-state index in [0.717, 1.165) is 17.3 Å². The second kappa shape index (κ2) is 7.16. The van der Waals surface area contributed by atoms with Gasteiger partial charge in [-0.05, 0) is 18.6 Å². The summed E-state index contributed by atoms with van der Waals surface area (Å²) in [4.78, 5) is 29.1. The van der Waals surface area contributed by atoms with Crippen LogP contribution in [0.25, 0.3) is 10.9 Å². The summed E-state index contributed by atoms with van der Waals surface area (Å²) in [6.07, 6.45) is 3.13. The number of aromatic nitrogens is 1. The Morgan fingerprint density at radius 2 is 1.91 bits per heavy atom. The van der Waals surface area contributed by atoms with Gasteiger partial charge in [-0.2, -0.15) is 0 Å². The normalized spacial score (nSPS) is 12.4. The smallest absolute Gasteiger partial charge is 0.252 e. The predicted molar refractivity (Wildman–Crippen MR) is 87.8 cm³/mol. The Balaban J connectivity index is 2.27. The number of hydrogen-bond acceptors (Lipinski definition) is 3. The standard InChI is InChI=1S/C18H22N2O2/c1-4-7-16(17(21)12(2)3)20-18(22)14-10-11-19-15-9-6-5-8-13(14)15/h5-6,8-12,16H,4,7H2,1-3H3,(H,20,22)/t16-/m1/s1. The Kier molecular flexibility index (Phi) is 5.26. The van der Waals surface area contributed by atoms with E-state index in [1.807, 2.05) is 45.0 Å². The van der Waals surface area contributed by atoms with Crippen molar-refractivity contribution < 1.29 is 9.59 Å². The molecule has 2 rings (SSSR count). The molecule has 1 aromatic carbocycles. The molecule has 4 heteroatoms. The molecule has 0 saturated carbocycles. The molecule has 0 saturated heterocycles. The fourth-order valence-corrected chi connectivity index (χ4v) is 2.51. The molecule has 0 aliphatic rings. The fraction of sp³-hybridized carbons (Fsp3) is 0.389. The van der Waals surface area contributed by atoms with Crippen LogP contribution in [-0.2, 0) is 4.79 Å². The monoisotopic (exact) mass is 298 g/mol. The van der Waals surface area contributed by atoms with Gasteiger partial charge in [0.1, 0.15) is 0 Å². The highest BCUT2D eigenvalue weighted by Crippen LogP contribution is 2.17. The molecule has 0 radical (unpaired) electrons. The van der Waals surface area contributed by atoms with Gasteiger partial charge in [-0.25, -0.2) is 0 Å². The van der Waals surface area contributed by atoms with Gasteiger partial charge in [-0.1, -0.05) is 45.4 Å². The van der Waals surface area contributed by atoms with Crippen molar-refractivity contribution in [1.82, 2.24) is 10.3 Å². The average Bonchev–Trinajstić information content (AvgIpc) is 2.53. The molecular weight excluding hydrogens is 276 g/mol. The minimum absolute atomic E-state index is 0.0774. The number of carbonyl (C=O) groups excluding carboxylic acids is 2. The van der Waals surface area contributed by atoms with E-state index >= 15 is 0 Å². The number of ketones is 1. The zero-order valence-electron chi connectivity index (χ0n) is 13.3. The van der Waals surface area contributed by atoms with Crippen LogP contribution >= 0.6 is 0 Å². The van der Waals surface area contributed by atoms with Gasteiger partial charge in [0, 0.05) is 17.5 Å². The van der Waals surface area contributed by atoms with Crippen LogP contribution in [0, 0.1) is 5.92 Å². The van der Waals surface area contributed by atoms with E-state index in [9.17, 15) is 9.59 Å². The minimum atomic E-state index is -0.426. The number of pyridine rings is 1. The van der Waals surface area contributed by atoms with Gasteiger partial charge in [0.25, 0.3) is 5.91 Å². The maximum absolute atomic E-state index is 12.6. The average molecular weight is 298 g/mol. The molecule has 1 aromatic heterocycles. The van der Waals surface area contributed by atoms with Crippen LogP contribution in [0.3, 0.4) is 0 Å². The van der Waals surface area contributed by atoms with Crippen molar-refractivity contribution in [3.05, 3.63) is 42.1 Å². The molecule has 22 heavy (non-hydrogen) atoms. The molecule has 1 amide bonds. The molecule has 0 unspecified atom stereocenters. The lowest BCUT2D eigenvalue weighted by molar-refractivity contribution is -0.123. The first-order chi connectivity index (χ1) is 10.5. The van der Waals surface area contributed by atoms with Crippen molar-refractivity contribution in [2.75, 3.05) is 0 Å².